The topological polar surface area (TPSA) is 24.4 Å². The van der Waals surface area contributed by atoms with E-state index in [0.717, 1.165) is 16.9 Å². The predicted molar refractivity (Wildman–Crippen MR) is 53.7 cm³/mol. The Morgan fingerprint density at radius 1 is 1.42 bits per heavy atom. The summed E-state index contributed by atoms with van der Waals surface area (Å²) < 4.78 is 0. The first-order valence-electron chi connectivity index (χ1n) is 3.72. The Hall–Kier alpha value is -1.57. The van der Waals surface area contributed by atoms with Crippen LogP contribution < -0.4 is 5.32 Å². The third kappa shape index (κ3) is 1.53. The lowest BCUT2D eigenvalue weighted by atomic mass is 10.1. The van der Waals surface area contributed by atoms with E-state index < -0.39 is 0 Å². The van der Waals surface area contributed by atoms with Gasteiger partial charge in [-0.2, -0.15) is 0 Å². The van der Waals surface area contributed by atoms with E-state index in [2.05, 4.69) is 23.6 Å². The Morgan fingerprint density at radius 2 is 2.08 bits per heavy atom. The molecule has 0 atom stereocenters. The molecule has 0 aliphatic rings. The Morgan fingerprint density at radius 3 is 2.67 bits per heavy atom. The maximum Gasteiger partial charge on any atom is 0.0715 e. The first-order chi connectivity index (χ1) is 5.79. The van der Waals surface area contributed by atoms with E-state index in [4.69, 9.17) is 0 Å². The second kappa shape index (κ2) is 3.72. The van der Waals surface area contributed by atoms with Crippen LogP contribution in [0.4, 0.5) is 5.69 Å². The van der Waals surface area contributed by atoms with E-state index in [1.54, 1.807) is 0 Å². The van der Waals surface area contributed by atoms with E-state index in [9.17, 15) is 0 Å². The third-order valence-electron chi connectivity index (χ3n) is 1.70. The van der Waals surface area contributed by atoms with Crippen molar-refractivity contribution in [3.63, 3.8) is 0 Å². The van der Waals surface area contributed by atoms with Gasteiger partial charge >= 0.3 is 0 Å². The SMILES string of the molecule is C=Nc1ccccc1C(=C)NC. The van der Waals surface area contributed by atoms with Crippen LogP contribution in [-0.2, 0) is 0 Å². The highest BCUT2D eigenvalue weighted by atomic mass is 14.8. The van der Waals surface area contributed by atoms with Gasteiger partial charge in [-0.15, -0.1) is 0 Å². The lowest BCUT2D eigenvalue weighted by Gasteiger charge is -2.06. The van der Waals surface area contributed by atoms with Gasteiger partial charge in [0, 0.05) is 18.3 Å². The molecule has 12 heavy (non-hydrogen) atoms. The van der Waals surface area contributed by atoms with Crippen molar-refractivity contribution in [3.8, 4) is 0 Å². The number of nitrogens with one attached hydrogen (secondary N) is 1. The van der Waals surface area contributed by atoms with Gasteiger partial charge in [0.2, 0.25) is 0 Å². The molecule has 0 bridgehead atoms. The molecule has 2 heteroatoms. The van der Waals surface area contributed by atoms with Crippen LogP contribution in [0.1, 0.15) is 5.56 Å². The Labute approximate surface area is 72.6 Å². The molecule has 0 saturated carbocycles. The number of para-hydroxylation sites is 1. The molecule has 0 saturated heterocycles. The zero-order valence-electron chi connectivity index (χ0n) is 7.17. The van der Waals surface area contributed by atoms with Crippen LogP contribution in [0.3, 0.4) is 0 Å². The number of rotatable bonds is 3. The van der Waals surface area contributed by atoms with Crippen molar-refractivity contribution in [1.29, 1.82) is 0 Å². The maximum atomic E-state index is 3.89. The molecule has 0 unspecified atom stereocenters. The summed E-state index contributed by atoms with van der Waals surface area (Å²) >= 11 is 0. The quantitative estimate of drug-likeness (QED) is 0.673. The van der Waals surface area contributed by atoms with Crippen LogP contribution in [0, 0.1) is 0 Å². The minimum Gasteiger partial charge on any atom is -0.388 e. The van der Waals surface area contributed by atoms with Gasteiger partial charge in [-0.25, -0.2) is 0 Å². The molecule has 1 aromatic carbocycles. The highest BCUT2D eigenvalue weighted by molar-refractivity contribution is 5.72. The van der Waals surface area contributed by atoms with Crippen molar-refractivity contribution < 1.29 is 0 Å². The van der Waals surface area contributed by atoms with Gasteiger partial charge in [0.05, 0.1) is 5.69 Å². The summed E-state index contributed by atoms with van der Waals surface area (Å²) in [6, 6.07) is 7.75. The number of nitrogens with zero attached hydrogens (tertiary/aromatic N) is 1. The molecule has 0 aliphatic heterocycles. The van der Waals surface area contributed by atoms with E-state index >= 15 is 0 Å². The zero-order valence-corrected chi connectivity index (χ0v) is 7.17. The van der Waals surface area contributed by atoms with Crippen LogP contribution in [0.2, 0.25) is 0 Å². The summed E-state index contributed by atoms with van der Waals surface area (Å²) in [4.78, 5) is 3.89. The first kappa shape index (κ1) is 8.53. The van der Waals surface area contributed by atoms with Crippen molar-refractivity contribution in [2.75, 3.05) is 7.05 Å². The maximum absolute atomic E-state index is 3.89. The fraction of sp³-hybridized carbons (Fsp3) is 0.100. The summed E-state index contributed by atoms with van der Waals surface area (Å²) in [5.74, 6) is 0. The summed E-state index contributed by atoms with van der Waals surface area (Å²) in [6.07, 6.45) is 0. The highest BCUT2D eigenvalue weighted by Crippen LogP contribution is 2.22. The second-order valence-electron chi connectivity index (χ2n) is 2.40. The molecule has 0 fully saturated rings. The van der Waals surface area contributed by atoms with E-state index in [0.29, 0.717) is 0 Å². The van der Waals surface area contributed by atoms with Crippen molar-refractivity contribution in [2.45, 2.75) is 0 Å². The van der Waals surface area contributed by atoms with Gasteiger partial charge < -0.3 is 5.32 Å². The number of hydrogen-bond acceptors (Lipinski definition) is 2. The lowest BCUT2D eigenvalue weighted by molar-refractivity contribution is 1.13. The molecule has 0 heterocycles. The van der Waals surface area contributed by atoms with Crippen LogP contribution in [0.15, 0.2) is 35.8 Å². The monoisotopic (exact) mass is 160 g/mol. The average Bonchev–Trinajstić information content (AvgIpc) is 2.16. The summed E-state index contributed by atoms with van der Waals surface area (Å²) in [5.41, 5.74) is 2.71. The molecular weight excluding hydrogens is 148 g/mol. The van der Waals surface area contributed by atoms with Crippen LogP contribution >= 0.6 is 0 Å². The fourth-order valence-corrected chi connectivity index (χ4v) is 1.00. The van der Waals surface area contributed by atoms with Gasteiger partial charge in [0.25, 0.3) is 0 Å². The summed E-state index contributed by atoms with van der Waals surface area (Å²) in [5, 5.41) is 2.97. The lowest BCUT2D eigenvalue weighted by Crippen LogP contribution is -2.02. The molecule has 1 aromatic rings. The summed E-state index contributed by atoms with van der Waals surface area (Å²) in [7, 11) is 1.84. The molecule has 2 nitrogen and oxygen atoms in total. The van der Waals surface area contributed by atoms with Crippen LogP contribution in [0.25, 0.3) is 5.70 Å². The molecule has 62 valence electrons. The Balaban J connectivity index is 3.13. The molecule has 0 aliphatic carbocycles. The van der Waals surface area contributed by atoms with Crippen molar-refractivity contribution >= 4 is 18.1 Å². The summed E-state index contributed by atoms with van der Waals surface area (Å²) in [6.45, 7) is 7.34. The molecule has 1 N–H and O–H groups in total. The minimum atomic E-state index is 0.858. The third-order valence-corrected chi connectivity index (χ3v) is 1.70. The molecule has 0 amide bonds. The minimum absolute atomic E-state index is 0.858. The smallest absolute Gasteiger partial charge is 0.0715 e. The first-order valence-corrected chi connectivity index (χ1v) is 3.72. The molecule has 0 radical (unpaired) electrons. The second-order valence-corrected chi connectivity index (χ2v) is 2.40. The van der Waals surface area contributed by atoms with Gasteiger partial charge in [-0.3, -0.25) is 4.99 Å². The van der Waals surface area contributed by atoms with Crippen molar-refractivity contribution in [2.24, 2.45) is 4.99 Å². The number of benzene rings is 1. The van der Waals surface area contributed by atoms with Gasteiger partial charge in [0.15, 0.2) is 0 Å². The average molecular weight is 160 g/mol. The fourth-order valence-electron chi connectivity index (χ4n) is 1.00. The molecule has 0 spiro atoms. The molecule has 0 aromatic heterocycles. The van der Waals surface area contributed by atoms with Crippen LogP contribution in [0.5, 0.6) is 0 Å². The van der Waals surface area contributed by atoms with Gasteiger partial charge in [-0.1, -0.05) is 24.8 Å². The van der Waals surface area contributed by atoms with Crippen molar-refractivity contribution in [3.05, 3.63) is 36.4 Å². The van der Waals surface area contributed by atoms with Crippen LogP contribution in [-0.4, -0.2) is 13.8 Å². The van der Waals surface area contributed by atoms with E-state index in [1.807, 2.05) is 31.3 Å². The largest absolute Gasteiger partial charge is 0.388 e. The van der Waals surface area contributed by atoms with Gasteiger partial charge in [0.1, 0.15) is 0 Å². The predicted octanol–water partition coefficient (Wildman–Crippen LogP) is 2.21. The molecule has 1 rings (SSSR count). The zero-order chi connectivity index (χ0) is 8.97. The Bertz CT molecular complexity index is 302. The molecular formula is C10H12N2. The Kier molecular flexibility index (Phi) is 2.64. The van der Waals surface area contributed by atoms with E-state index in [-0.39, 0.29) is 0 Å². The van der Waals surface area contributed by atoms with E-state index in [1.165, 1.54) is 0 Å². The van der Waals surface area contributed by atoms with Crippen molar-refractivity contribution in [1.82, 2.24) is 5.32 Å². The standard InChI is InChI=1S/C10H12N2/c1-8(11-2)9-6-4-5-7-10(9)12-3/h4-7,11H,1,3H2,2H3. The van der Waals surface area contributed by atoms with Gasteiger partial charge in [-0.05, 0) is 12.8 Å². The highest BCUT2D eigenvalue weighted by Gasteiger charge is 2.00. The number of hydrogen-bond donors (Lipinski definition) is 1. The number of aliphatic imine (C=N–C) groups is 1. The normalized spacial score (nSPS) is 9.08.